The van der Waals surface area contributed by atoms with Crippen LogP contribution < -0.4 is 11.1 Å². The lowest BCUT2D eigenvalue weighted by Crippen LogP contribution is -2.00. The van der Waals surface area contributed by atoms with Crippen LogP contribution in [0.15, 0.2) is 97.1 Å². The molecule has 1 heterocycles. The van der Waals surface area contributed by atoms with Gasteiger partial charge in [-0.15, -0.1) is 0 Å². The second-order valence-electron chi connectivity index (χ2n) is 8.62. The third-order valence-electron chi connectivity index (χ3n) is 6.05. The van der Waals surface area contributed by atoms with Gasteiger partial charge in [0.1, 0.15) is 12.1 Å². The average Bonchev–Trinajstić information content (AvgIpc) is 3.37. The van der Waals surface area contributed by atoms with Gasteiger partial charge in [0.2, 0.25) is 0 Å². The maximum absolute atomic E-state index is 11.4. The first-order chi connectivity index (χ1) is 19.8. The van der Waals surface area contributed by atoms with E-state index in [0.717, 1.165) is 40.1 Å². The number of esters is 2. The van der Waals surface area contributed by atoms with Crippen molar-refractivity contribution in [3.8, 4) is 11.4 Å². The Kier molecular flexibility index (Phi) is 10.8. The summed E-state index contributed by atoms with van der Waals surface area (Å²) in [6, 6.07) is 29.2. The average molecular weight is 553 g/mol. The first kappa shape index (κ1) is 30.1. The number of aromatic nitrogens is 2. The lowest BCUT2D eigenvalue weighted by Gasteiger charge is -2.04. The van der Waals surface area contributed by atoms with Crippen LogP contribution in [0.1, 0.15) is 31.1 Å². The minimum atomic E-state index is -0.396. The van der Waals surface area contributed by atoms with Gasteiger partial charge in [-0.1, -0.05) is 48.5 Å². The SMILES string of the molecule is CNc1ccccc1N.COC(=O)c1ccc(-c2nc3ccccc3n2C)cc1.COC(=O)c1ccc(C=O)cc1. The van der Waals surface area contributed by atoms with E-state index in [-0.39, 0.29) is 5.97 Å². The van der Waals surface area contributed by atoms with Crippen molar-refractivity contribution in [1.29, 1.82) is 0 Å². The van der Waals surface area contributed by atoms with Crippen molar-refractivity contribution in [3.05, 3.63) is 114 Å². The second kappa shape index (κ2) is 14.6. The number of methoxy groups -OCH3 is 2. The summed E-state index contributed by atoms with van der Waals surface area (Å²) in [6.07, 6.45) is 0.723. The zero-order valence-electron chi connectivity index (χ0n) is 23.3. The van der Waals surface area contributed by atoms with Gasteiger partial charge in [0.25, 0.3) is 0 Å². The number of hydrogen-bond donors (Lipinski definition) is 2. The highest BCUT2D eigenvalue weighted by molar-refractivity contribution is 5.91. The van der Waals surface area contributed by atoms with Crippen LogP contribution in [-0.2, 0) is 16.5 Å². The highest BCUT2D eigenvalue weighted by Gasteiger charge is 2.11. The Labute approximate surface area is 238 Å². The highest BCUT2D eigenvalue weighted by Crippen LogP contribution is 2.24. The fourth-order valence-electron chi connectivity index (χ4n) is 3.82. The van der Waals surface area contributed by atoms with Crippen LogP contribution in [0.2, 0.25) is 0 Å². The Hall–Kier alpha value is -5.44. The van der Waals surface area contributed by atoms with Crippen LogP contribution in [0.3, 0.4) is 0 Å². The summed E-state index contributed by atoms with van der Waals surface area (Å²) in [5.74, 6) is 0.150. The van der Waals surface area contributed by atoms with Crippen LogP contribution in [0, 0.1) is 0 Å². The van der Waals surface area contributed by atoms with E-state index in [9.17, 15) is 14.4 Å². The van der Waals surface area contributed by atoms with Crippen molar-refractivity contribution in [2.45, 2.75) is 0 Å². The number of ether oxygens (including phenoxy) is 2. The number of hydrogen-bond acceptors (Lipinski definition) is 8. The Balaban J connectivity index is 0.000000187. The number of rotatable bonds is 5. The number of nitrogens with two attached hydrogens (primary N) is 1. The number of carbonyl (C=O) groups excluding carboxylic acids is 3. The molecule has 9 heteroatoms. The predicted molar refractivity (Wildman–Crippen MR) is 161 cm³/mol. The molecule has 0 saturated carbocycles. The zero-order valence-corrected chi connectivity index (χ0v) is 23.3. The van der Waals surface area contributed by atoms with Crippen molar-refractivity contribution < 1.29 is 23.9 Å². The normalized spacial score (nSPS) is 9.85. The molecular formula is C32H32N4O5. The molecule has 3 N–H and O–H groups in total. The van der Waals surface area contributed by atoms with Gasteiger partial charge >= 0.3 is 11.9 Å². The molecule has 0 bridgehead atoms. The van der Waals surface area contributed by atoms with Crippen molar-refractivity contribution >= 4 is 40.6 Å². The predicted octanol–water partition coefficient (Wildman–Crippen LogP) is 5.62. The Morgan fingerprint density at radius 2 is 1.34 bits per heavy atom. The van der Waals surface area contributed by atoms with Gasteiger partial charge in [0.15, 0.2) is 0 Å². The summed E-state index contributed by atoms with van der Waals surface area (Å²) in [5.41, 5.74) is 11.9. The third kappa shape index (κ3) is 7.79. The van der Waals surface area contributed by atoms with Crippen molar-refractivity contribution in [1.82, 2.24) is 9.55 Å². The standard InChI is InChI=1S/C16H14N2O2.C9H8O3.C7H10N2/c1-18-14-6-4-3-5-13(14)17-15(18)11-7-9-12(10-8-11)16(19)20-2;1-12-9(11)8-4-2-7(6-10)3-5-8;1-9-7-5-3-2-4-6(7)8/h3-10H,1-2H3;2-6H,1H3;2-5,9H,8H2,1H3. The largest absolute Gasteiger partial charge is 0.465 e. The summed E-state index contributed by atoms with van der Waals surface area (Å²) in [4.78, 5) is 37.2. The topological polar surface area (TPSA) is 126 Å². The molecule has 0 amide bonds. The van der Waals surface area contributed by atoms with Crippen LogP contribution in [0.5, 0.6) is 0 Å². The van der Waals surface area contributed by atoms with Crippen molar-refractivity contribution in [2.75, 3.05) is 32.3 Å². The molecule has 210 valence electrons. The molecule has 0 aliphatic rings. The monoisotopic (exact) mass is 552 g/mol. The van der Waals surface area contributed by atoms with E-state index in [1.54, 1.807) is 36.4 Å². The van der Waals surface area contributed by atoms with E-state index in [4.69, 9.17) is 10.5 Å². The molecule has 0 aliphatic heterocycles. The maximum atomic E-state index is 11.4. The molecule has 1 aromatic heterocycles. The third-order valence-corrected chi connectivity index (χ3v) is 6.05. The fourth-order valence-corrected chi connectivity index (χ4v) is 3.82. The molecule has 41 heavy (non-hydrogen) atoms. The van der Waals surface area contributed by atoms with Gasteiger partial charge in [0, 0.05) is 25.2 Å². The van der Waals surface area contributed by atoms with Crippen LogP contribution >= 0.6 is 0 Å². The molecule has 0 saturated heterocycles. The molecule has 5 rings (SSSR count). The molecule has 0 radical (unpaired) electrons. The Morgan fingerprint density at radius 1 is 0.805 bits per heavy atom. The second-order valence-corrected chi connectivity index (χ2v) is 8.62. The molecule has 5 aromatic rings. The van der Waals surface area contributed by atoms with Crippen LogP contribution in [0.4, 0.5) is 11.4 Å². The number of para-hydroxylation sites is 4. The molecule has 0 fully saturated rings. The van der Waals surface area contributed by atoms with Gasteiger partial charge < -0.3 is 25.1 Å². The van der Waals surface area contributed by atoms with Gasteiger partial charge in [0.05, 0.1) is 47.8 Å². The number of carbonyl (C=O) groups is 3. The Bertz CT molecular complexity index is 1610. The minimum absolute atomic E-state index is 0.332. The number of nitrogens with one attached hydrogen (secondary N) is 1. The highest BCUT2D eigenvalue weighted by atomic mass is 16.5. The smallest absolute Gasteiger partial charge is 0.337 e. The van der Waals surface area contributed by atoms with Gasteiger partial charge in [-0.3, -0.25) is 4.79 Å². The first-order valence-corrected chi connectivity index (χ1v) is 12.6. The van der Waals surface area contributed by atoms with Crippen molar-refractivity contribution in [2.24, 2.45) is 7.05 Å². The summed E-state index contributed by atoms with van der Waals surface area (Å²) < 4.78 is 11.2. The molecule has 0 aliphatic carbocycles. The molecule has 0 spiro atoms. The van der Waals surface area contributed by atoms with E-state index in [0.29, 0.717) is 16.7 Å². The summed E-state index contributed by atoms with van der Waals surface area (Å²) in [5, 5.41) is 2.97. The summed E-state index contributed by atoms with van der Waals surface area (Å²) >= 11 is 0. The minimum Gasteiger partial charge on any atom is -0.465 e. The number of benzene rings is 4. The molecule has 9 nitrogen and oxygen atoms in total. The van der Waals surface area contributed by atoms with E-state index < -0.39 is 5.97 Å². The number of nitrogens with zero attached hydrogens (tertiary/aromatic N) is 2. The zero-order chi connectivity index (χ0) is 29.8. The van der Waals surface area contributed by atoms with Crippen LogP contribution in [0.25, 0.3) is 22.4 Å². The van der Waals surface area contributed by atoms with Crippen LogP contribution in [-0.4, -0.2) is 49.0 Å². The maximum Gasteiger partial charge on any atom is 0.337 e. The molecule has 4 aromatic carbocycles. The van der Waals surface area contributed by atoms with Gasteiger partial charge in [-0.05, 0) is 48.5 Å². The number of aryl methyl sites for hydroxylation is 1. The van der Waals surface area contributed by atoms with E-state index in [1.807, 2.05) is 79.3 Å². The quantitative estimate of drug-likeness (QED) is 0.163. The summed E-state index contributed by atoms with van der Waals surface area (Å²) in [7, 11) is 6.53. The van der Waals surface area contributed by atoms with Gasteiger partial charge in [-0.2, -0.15) is 0 Å². The van der Waals surface area contributed by atoms with E-state index in [1.165, 1.54) is 14.2 Å². The van der Waals surface area contributed by atoms with E-state index >= 15 is 0 Å². The first-order valence-electron chi connectivity index (χ1n) is 12.6. The van der Waals surface area contributed by atoms with E-state index in [2.05, 4.69) is 15.0 Å². The molecular weight excluding hydrogens is 520 g/mol. The lowest BCUT2D eigenvalue weighted by atomic mass is 10.1. The van der Waals surface area contributed by atoms with Crippen molar-refractivity contribution in [3.63, 3.8) is 0 Å². The molecule has 0 unspecified atom stereocenters. The number of anilines is 2. The summed E-state index contributed by atoms with van der Waals surface area (Å²) in [6.45, 7) is 0. The lowest BCUT2D eigenvalue weighted by molar-refractivity contribution is 0.0592. The Morgan fingerprint density at radius 3 is 1.83 bits per heavy atom. The number of nitrogen functional groups attached to an aromatic ring is 1. The fraction of sp³-hybridized carbons (Fsp3) is 0.125. The van der Waals surface area contributed by atoms with Gasteiger partial charge in [-0.25, -0.2) is 14.6 Å². The molecule has 0 atom stereocenters. The number of imidazole rings is 1. The number of aldehydes is 1. The number of fused-ring (bicyclic) bond motifs is 1.